The highest BCUT2D eigenvalue weighted by atomic mass is 79.9. The molecule has 0 aliphatic heterocycles. The van der Waals surface area contributed by atoms with Gasteiger partial charge in [0.2, 0.25) is 0 Å². The lowest BCUT2D eigenvalue weighted by atomic mass is 10.1. The number of halogens is 1. The number of hydrogen-bond donors (Lipinski definition) is 0. The number of carbonyl (C=O) groups is 1. The summed E-state index contributed by atoms with van der Waals surface area (Å²) >= 11 is 3.62. The zero-order chi connectivity index (χ0) is 15.2. The molecule has 0 N–H and O–H groups in total. The van der Waals surface area contributed by atoms with Crippen LogP contribution in [0.25, 0.3) is 0 Å². The molecule has 0 radical (unpaired) electrons. The van der Waals surface area contributed by atoms with Gasteiger partial charge in [-0.1, -0.05) is 68.0 Å². The fraction of sp³-hybridized carbons (Fsp3) is 0.812. The lowest BCUT2D eigenvalue weighted by molar-refractivity contribution is -0.140. The van der Waals surface area contributed by atoms with Crippen molar-refractivity contribution in [2.45, 2.75) is 63.6 Å². The lowest BCUT2D eigenvalue weighted by Gasteiger charge is -2.11. The fourth-order valence-corrected chi connectivity index (χ4v) is 2.27. The first-order chi connectivity index (χ1) is 9.57. The molecule has 0 amide bonds. The van der Waals surface area contributed by atoms with E-state index in [1.807, 2.05) is 0 Å². The molecule has 3 nitrogen and oxygen atoms in total. The molecule has 20 heavy (non-hydrogen) atoms. The van der Waals surface area contributed by atoms with Gasteiger partial charge in [0.15, 0.2) is 0 Å². The molecule has 0 spiro atoms. The highest BCUT2D eigenvalue weighted by Crippen LogP contribution is 2.13. The van der Waals surface area contributed by atoms with E-state index in [9.17, 15) is 4.79 Å². The van der Waals surface area contributed by atoms with Gasteiger partial charge in [0.25, 0.3) is 0 Å². The first-order valence-electron chi connectivity index (χ1n) is 7.62. The van der Waals surface area contributed by atoms with Gasteiger partial charge in [-0.05, 0) is 13.3 Å². The number of ether oxygens (including phenoxy) is 2. The zero-order valence-electron chi connectivity index (χ0n) is 13.0. The third-order valence-corrected chi connectivity index (χ3v) is 3.70. The van der Waals surface area contributed by atoms with E-state index in [2.05, 4.69) is 29.4 Å². The molecule has 0 aromatic rings. The number of esters is 1. The summed E-state index contributed by atoms with van der Waals surface area (Å²) < 4.78 is 10.4. The highest BCUT2D eigenvalue weighted by molar-refractivity contribution is 9.09. The number of unbranched alkanes of at least 4 members (excludes halogenated alkanes) is 5. The van der Waals surface area contributed by atoms with Crippen molar-refractivity contribution < 1.29 is 14.3 Å². The van der Waals surface area contributed by atoms with Gasteiger partial charge in [-0.3, -0.25) is 0 Å². The fourth-order valence-electron chi connectivity index (χ4n) is 1.76. The lowest BCUT2D eigenvalue weighted by Crippen LogP contribution is -2.14. The Bertz CT molecular complexity index is 266. The molecular formula is C16H29BrO3. The van der Waals surface area contributed by atoms with Crippen molar-refractivity contribution >= 4 is 21.9 Å². The molecular weight excluding hydrogens is 320 g/mol. The second kappa shape index (κ2) is 13.6. The Kier molecular flexibility index (Phi) is 13.4. The molecule has 0 aliphatic rings. The summed E-state index contributed by atoms with van der Waals surface area (Å²) in [5, 5.41) is 0. The normalized spacial score (nSPS) is 12.2. The van der Waals surface area contributed by atoms with Crippen molar-refractivity contribution in [2.24, 2.45) is 0 Å². The molecule has 0 saturated heterocycles. The van der Waals surface area contributed by atoms with Gasteiger partial charge >= 0.3 is 5.97 Å². The van der Waals surface area contributed by atoms with Crippen molar-refractivity contribution in [3.8, 4) is 0 Å². The summed E-state index contributed by atoms with van der Waals surface area (Å²) in [5.74, 6) is -0.351. The van der Waals surface area contributed by atoms with Crippen molar-refractivity contribution in [1.29, 1.82) is 0 Å². The van der Waals surface area contributed by atoms with Crippen LogP contribution in [0, 0.1) is 0 Å². The zero-order valence-corrected chi connectivity index (χ0v) is 14.5. The maximum absolute atomic E-state index is 11.1. The molecule has 0 aliphatic carbocycles. The maximum Gasteiger partial charge on any atom is 0.333 e. The summed E-state index contributed by atoms with van der Waals surface area (Å²) in [6.07, 6.45) is 9.03. The van der Waals surface area contributed by atoms with Gasteiger partial charge < -0.3 is 9.47 Å². The molecule has 1 unspecified atom stereocenters. The van der Waals surface area contributed by atoms with Gasteiger partial charge in [-0.15, -0.1) is 0 Å². The van der Waals surface area contributed by atoms with E-state index in [1.54, 1.807) is 6.92 Å². The summed E-state index contributed by atoms with van der Waals surface area (Å²) in [6, 6.07) is 0. The van der Waals surface area contributed by atoms with Crippen LogP contribution >= 0.6 is 15.9 Å². The SMILES string of the molecule is C=C(C)C(=O)OCCOCC(Br)CCCCCCCC. The van der Waals surface area contributed by atoms with Crippen LogP contribution in [0.2, 0.25) is 0 Å². The minimum Gasteiger partial charge on any atom is -0.460 e. The molecule has 118 valence electrons. The number of hydrogen-bond acceptors (Lipinski definition) is 3. The van der Waals surface area contributed by atoms with Crippen molar-refractivity contribution in [3.05, 3.63) is 12.2 Å². The van der Waals surface area contributed by atoms with E-state index in [-0.39, 0.29) is 5.97 Å². The Labute approximate surface area is 132 Å². The molecule has 1 atom stereocenters. The maximum atomic E-state index is 11.1. The quantitative estimate of drug-likeness (QED) is 0.210. The predicted molar refractivity (Wildman–Crippen MR) is 87.3 cm³/mol. The summed E-state index contributed by atoms with van der Waals surface area (Å²) in [5.41, 5.74) is 0.423. The van der Waals surface area contributed by atoms with Gasteiger partial charge in [0.05, 0.1) is 13.2 Å². The molecule has 0 aromatic heterocycles. The van der Waals surface area contributed by atoms with Gasteiger partial charge in [-0.2, -0.15) is 0 Å². The van der Waals surface area contributed by atoms with E-state index in [0.717, 1.165) is 6.42 Å². The minimum atomic E-state index is -0.351. The third-order valence-electron chi connectivity index (χ3n) is 2.98. The Morgan fingerprint density at radius 3 is 2.45 bits per heavy atom. The van der Waals surface area contributed by atoms with Gasteiger partial charge in [0.1, 0.15) is 6.61 Å². The average molecular weight is 349 g/mol. The summed E-state index contributed by atoms with van der Waals surface area (Å²) in [6.45, 7) is 8.79. The topological polar surface area (TPSA) is 35.5 Å². The smallest absolute Gasteiger partial charge is 0.333 e. The van der Waals surface area contributed by atoms with E-state index in [1.165, 1.54) is 38.5 Å². The van der Waals surface area contributed by atoms with Crippen LogP contribution in [0.15, 0.2) is 12.2 Å². The first-order valence-corrected chi connectivity index (χ1v) is 8.54. The summed E-state index contributed by atoms with van der Waals surface area (Å²) in [7, 11) is 0. The molecule has 4 heteroatoms. The van der Waals surface area contributed by atoms with E-state index in [0.29, 0.717) is 30.2 Å². The largest absolute Gasteiger partial charge is 0.460 e. The van der Waals surface area contributed by atoms with E-state index in [4.69, 9.17) is 9.47 Å². The minimum absolute atomic E-state index is 0.294. The standard InChI is InChI=1S/C16H29BrO3/c1-4-5-6-7-8-9-10-15(17)13-19-11-12-20-16(18)14(2)3/h15H,2,4-13H2,1,3H3. The molecule has 0 aromatic carbocycles. The van der Waals surface area contributed by atoms with Crippen LogP contribution in [-0.2, 0) is 14.3 Å². The van der Waals surface area contributed by atoms with Crippen molar-refractivity contribution in [2.75, 3.05) is 19.8 Å². The molecule has 0 rings (SSSR count). The predicted octanol–water partition coefficient (Wildman–Crippen LogP) is 4.64. The molecule has 0 fully saturated rings. The van der Waals surface area contributed by atoms with E-state index >= 15 is 0 Å². The Hall–Kier alpha value is -0.350. The van der Waals surface area contributed by atoms with Gasteiger partial charge in [-0.25, -0.2) is 4.79 Å². The third kappa shape index (κ3) is 12.7. The first kappa shape index (κ1) is 19.7. The van der Waals surface area contributed by atoms with Crippen LogP contribution in [0.1, 0.15) is 58.8 Å². The van der Waals surface area contributed by atoms with Crippen molar-refractivity contribution in [3.63, 3.8) is 0 Å². The average Bonchev–Trinajstić information content (AvgIpc) is 2.41. The Balaban J connectivity index is 3.30. The van der Waals surface area contributed by atoms with Crippen molar-refractivity contribution in [1.82, 2.24) is 0 Å². The van der Waals surface area contributed by atoms with Crippen LogP contribution in [0.4, 0.5) is 0 Å². The number of carbonyl (C=O) groups excluding carboxylic acids is 1. The molecule has 0 saturated carbocycles. The Morgan fingerprint density at radius 1 is 1.15 bits per heavy atom. The Morgan fingerprint density at radius 2 is 1.80 bits per heavy atom. The summed E-state index contributed by atoms with van der Waals surface area (Å²) in [4.78, 5) is 11.5. The van der Waals surface area contributed by atoms with Crippen LogP contribution < -0.4 is 0 Å². The number of rotatable bonds is 13. The number of alkyl halides is 1. The highest BCUT2D eigenvalue weighted by Gasteiger charge is 2.05. The molecule has 0 bridgehead atoms. The van der Waals surface area contributed by atoms with Crippen LogP contribution in [0.3, 0.4) is 0 Å². The monoisotopic (exact) mass is 348 g/mol. The van der Waals surface area contributed by atoms with E-state index < -0.39 is 0 Å². The van der Waals surface area contributed by atoms with Gasteiger partial charge in [0, 0.05) is 10.4 Å². The van der Waals surface area contributed by atoms with Crippen LogP contribution in [0.5, 0.6) is 0 Å². The second-order valence-corrected chi connectivity index (χ2v) is 6.44. The second-order valence-electron chi connectivity index (χ2n) is 5.14. The van der Waals surface area contributed by atoms with Crippen LogP contribution in [-0.4, -0.2) is 30.6 Å². The molecule has 0 heterocycles.